The van der Waals surface area contributed by atoms with Crippen LogP contribution in [-0.2, 0) is 34.4 Å². The number of piperidine rings is 1. The van der Waals surface area contributed by atoms with Gasteiger partial charge < -0.3 is 9.47 Å². The number of benzene rings is 1. The number of methoxy groups -OCH3 is 1. The summed E-state index contributed by atoms with van der Waals surface area (Å²) in [6.07, 6.45) is 0.982. The van der Waals surface area contributed by atoms with E-state index in [1.807, 2.05) is 0 Å². The van der Waals surface area contributed by atoms with E-state index in [1.165, 1.54) is 37.4 Å². The summed E-state index contributed by atoms with van der Waals surface area (Å²) in [4.78, 5) is 24.6. The van der Waals surface area contributed by atoms with E-state index in [9.17, 15) is 26.4 Å². The van der Waals surface area contributed by atoms with Crippen LogP contribution in [0.2, 0.25) is 0 Å². The van der Waals surface area contributed by atoms with Crippen LogP contribution in [0.15, 0.2) is 23.1 Å². The Morgan fingerprint density at radius 3 is 2.53 bits per heavy atom. The minimum Gasteiger partial charge on any atom is -0.495 e. The second-order valence-electron chi connectivity index (χ2n) is 8.50. The summed E-state index contributed by atoms with van der Waals surface area (Å²) in [5, 5.41) is 0. The number of sulfonamides is 2. The number of esters is 1. The highest BCUT2D eigenvalue weighted by atomic mass is 32.2. The van der Waals surface area contributed by atoms with Crippen LogP contribution in [-0.4, -0.2) is 65.6 Å². The van der Waals surface area contributed by atoms with Crippen LogP contribution in [0.4, 0.5) is 5.69 Å². The van der Waals surface area contributed by atoms with Crippen molar-refractivity contribution in [1.82, 2.24) is 4.31 Å². The first kappa shape index (κ1) is 24.5. The van der Waals surface area contributed by atoms with Crippen molar-refractivity contribution in [2.45, 2.75) is 38.5 Å². The van der Waals surface area contributed by atoms with E-state index in [1.54, 1.807) is 6.92 Å². The van der Waals surface area contributed by atoms with E-state index in [2.05, 4.69) is 0 Å². The maximum Gasteiger partial charge on any atom is 0.310 e. The second-order valence-corrected chi connectivity index (χ2v) is 12.2. The third-order valence-corrected chi connectivity index (χ3v) is 9.49. The molecule has 2 fully saturated rings. The Morgan fingerprint density at radius 2 is 1.97 bits per heavy atom. The smallest absolute Gasteiger partial charge is 0.310 e. The summed E-state index contributed by atoms with van der Waals surface area (Å²) in [5.74, 6) is -2.04. The van der Waals surface area contributed by atoms with Crippen molar-refractivity contribution >= 4 is 37.6 Å². The lowest BCUT2D eigenvalue weighted by Gasteiger charge is -2.31. The minimum absolute atomic E-state index is 0.00955. The van der Waals surface area contributed by atoms with Crippen molar-refractivity contribution in [2.24, 2.45) is 11.3 Å². The first-order chi connectivity index (χ1) is 14.8. The van der Waals surface area contributed by atoms with Gasteiger partial charge in [-0.2, -0.15) is 4.31 Å². The van der Waals surface area contributed by atoms with Gasteiger partial charge in [-0.05, 0) is 51.8 Å². The van der Waals surface area contributed by atoms with E-state index in [0.29, 0.717) is 17.1 Å². The number of amides is 1. The molecule has 0 aromatic heterocycles. The van der Waals surface area contributed by atoms with Crippen molar-refractivity contribution in [3.63, 3.8) is 0 Å². The Bertz CT molecular complexity index is 1130. The van der Waals surface area contributed by atoms with Crippen LogP contribution >= 0.6 is 0 Å². The molecule has 2 heterocycles. The lowest BCUT2D eigenvalue weighted by molar-refractivity contribution is -0.149. The normalized spacial score (nSPS) is 23.2. The Morgan fingerprint density at radius 1 is 1.28 bits per heavy atom. The number of ether oxygens (including phenoxy) is 2. The number of hydrogen-bond acceptors (Lipinski definition) is 8. The van der Waals surface area contributed by atoms with Crippen molar-refractivity contribution < 1.29 is 35.9 Å². The van der Waals surface area contributed by atoms with Gasteiger partial charge in [0, 0.05) is 13.1 Å². The standard InChI is InChI=1S/C20H28N2O8S2/c1-5-30-18(23)14-7-6-10-21(12-14)32(27,28)17-11-15(8-9-16(17)29-4)22-19(24)20(2,3)13-31(22,25)26/h8-9,11,14H,5-7,10,12-13H2,1-4H3. The molecule has 1 amide bonds. The second kappa shape index (κ2) is 8.64. The van der Waals surface area contributed by atoms with Crippen molar-refractivity contribution in [2.75, 3.05) is 36.9 Å². The molecule has 12 heteroatoms. The number of anilines is 1. The number of rotatable bonds is 6. The molecule has 0 bridgehead atoms. The molecule has 1 aromatic rings. The first-order valence-corrected chi connectivity index (χ1v) is 13.3. The molecule has 0 N–H and O–H groups in total. The molecule has 0 aliphatic carbocycles. The van der Waals surface area contributed by atoms with E-state index >= 15 is 0 Å². The topological polar surface area (TPSA) is 127 Å². The molecule has 0 spiro atoms. The van der Waals surface area contributed by atoms with Gasteiger partial charge in [-0.15, -0.1) is 0 Å². The highest BCUT2D eigenvalue weighted by molar-refractivity contribution is 7.94. The molecule has 1 aromatic carbocycles. The Hall–Kier alpha value is -2.18. The van der Waals surface area contributed by atoms with Crippen LogP contribution in [0.5, 0.6) is 5.75 Å². The Labute approximate surface area is 188 Å². The fourth-order valence-electron chi connectivity index (χ4n) is 4.01. The predicted octanol–water partition coefficient (Wildman–Crippen LogP) is 1.36. The molecule has 2 aliphatic rings. The number of carbonyl (C=O) groups excluding carboxylic acids is 2. The van der Waals surface area contributed by atoms with Gasteiger partial charge in [0.25, 0.3) is 0 Å². The van der Waals surface area contributed by atoms with Gasteiger partial charge >= 0.3 is 5.97 Å². The summed E-state index contributed by atoms with van der Waals surface area (Å²) < 4.78 is 64.3. The molecule has 0 radical (unpaired) electrons. The van der Waals surface area contributed by atoms with Gasteiger partial charge in [0.1, 0.15) is 10.6 Å². The molecule has 1 unspecified atom stereocenters. The zero-order valence-electron chi connectivity index (χ0n) is 18.5. The highest BCUT2D eigenvalue weighted by Gasteiger charge is 2.50. The molecule has 10 nitrogen and oxygen atoms in total. The SMILES string of the molecule is CCOC(=O)C1CCCN(S(=O)(=O)c2cc(N3C(=O)C(C)(C)CS3(=O)=O)ccc2OC)C1. The molecular weight excluding hydrogens is 460 g/mol. The van der Waals surface area contributed by atoms with Crippen LogP contribution in [0.1, 0.15) is 33.6 Å². The largest absolute Gasteiger partial charge is 0.495 e. The van der Waals surface area contributed by atoms with Gasteiger partial charge in [-0.3, -0.25) is 9.59 Å². The average molecular weight is 489 g/mol. The maximum absolute atomic E-state index is 13.5. The third-order valence-electron chi connectivity index (χ3n) is 5.59. The van der Waals surface area contributed by atoms with Gasteiger partial charge in [-0.1, -0.05) is 0 Å². The zero-order valence-corrected chi connectivity index (χ0v) is 20.2. The van der Waals surface area contributed by atoms with Gasteiger partial charge in [0.05, 0.1) is 36.5 Å². The van der Waals surface area contributed by atoms with E-state index in [-0.39, 0.29) is 41.8 Å². The fraction of sp³-hybridized carbons (Fsp3) is 0.600. The lowest BCUT2D eigenvalue weighted by atomic mass is 9.95. The predicted molar refractivity (Wildman–Crippen MR) is 116 cm³/mol. The molecule has 0 saturated carbocycles. The van der Waals surface area contributed by atoms with Crippen molar-refractivity contribution in [3.05, 3.63) is 18.2 Å². The van der Waals surface area contributed by atoms with Crippen molar-refractivity contribution in [1.29, 1.82) is 0 Å². The number of hydrogen-bond donors (Lipinski definition) is 0. The van der Waals surface area contributed by atoms with Crippen molar-refractivity contribution in [3.8, 4) is 5.75 Å². The zero-order chi connectivity index (χ0) is 23.9. The monoisotopic (exact) mass is 488 g/mol. The summed E-state index contributed by atoms with van der Waals surface area (Å²) >= 11 is 0. The van der Waals surface area contributed by atoms with Crippen LogP contribution in [0.3, 0.4) is 0 Å². The van der Waals surface area contributed by atoms with E-state index < -0.39 is 43.3 Å². The molecule has 2 saturated heterocycles. The number of carbonyl (C=O) groups is 2. The molecule has 1 atom stereocenters. The molecule has 32 heavy (non-hydrogen) atoms. The molecule has 3 rings (SSSR count). The summed E-state index contributed by atoms with van der Waals surface area (Å²) in [6, 6.07) is 3.80. The van der Waals surface area contributed by atoms with Gasteiger partial charge in [0.15, 0.2) is 0 Å². The van der Waals surface area contributed by atoms with Crippen LogP contribution in [0, 0.1) is 11.3 Å². The van der Waals surface area contributed by atoms with E-state index in [4.69, 9.17) is 9.47 Å². The summed E-state index contributed by atoms with van der Waals surface area (Å²) in [5.41, 5.74) is -1.20. The van der Waals surface area contributed by atoms with Gasteiger partial charge in [0.2, 0.25) is 26.0 Å². The minimum atomic E-state index is -4.15. The summed E-state index contributed by atoms with van der Waals surface area (Å²) in [7, 11) is -6.81. The first-order valence-electron chi connectivity index (χ1n) is 10.3. The maximum atomic E-state index is 13.5. The molecular formula is C20H28N2O8S2. The summed E-state index contributed by atoms with van der Waals surface area (Å²) in [6.45, 7) is 5.07. The lowest BCUT2D eigenvalue weighted by Crippen LogP contribution is -2.43. The Balaban J connectivity index is 2.02. The van der Waals surface area contributed by atoms with Crippen LogP contribution in [0.25, 0.3) is 0 Å². The third kappa shape index (κ3) is 4.35. The van der Waals surface area contributed by atoms with Crippen LogP contribution < -0.4 is 9.04 Å². The number of nitrogens with zero attached hydrogens (tertiary/aromatic N) is 2. The Kier molecular flexibility index (Phi) is 6.60. The quantitative estimate of drug-likeness (QED) is 0.549. The molecule has 2 aliphatic heterocycles. The van der Waals surface area contributed by atoms with E-state index in [0.717, 1.165) is 6.07 Å². The van der Waals surface area contributed by atoms with Gasteiger partial charge in [-0.25, -0.2) is 21.1 Å². The molecule has 178 valence electrons. The average Bonchev–Trinajstić information content (AvgIpc) is 2.90. The fourth-order valence-corrected chi connectivity index (χ4v) is 7.81. The highest BCUT2D eigenvalue weighted by Crippen LogP contribution is 2.39.